The van der Waals surface area contributed by atoms with Crippen LogP contribution in [0.15, 0.2) is 23.2 Å². The van der Waals surface area contributed by atoms with Gasteiger partial charge in [-0.25, -0.2) is 9.18 Å². The van der Waals surface area contributed by atoms with E-state index in [4.69, 9.17) is 20.7 Å². The topological polar surface area (TPSA) is 137 Å². The molecule has 5 N–H and O–H groups in total. The smallest absolute Gasteiger partial charge is 0.345 e. The Labute approximate surface area is 213 Å². The second kappa shape index (κ2) is 17.0. The number of urea groups is 1. The third-order valence-corrected chi connectivity index (χ3v) is 6.24. The van der Waals surface area contributed by atoms with Gasteiger partial charge < -0.3 is 35.7 Å². The fraction of sp³-hybridized carbons (Fsp3) is 0.654. The quantitative estimate of drug-likeness (QED) is 0.155. The van der Waals surface area contributed by atoms with Gasteiger partial charge in [0.15, 0.2) is 0 Å². The number of hydrogen-bond acceptors (Lipinski definition) is 6. The lowest BCUT2D eigenvalue weighted by Gasteiger charge is -2.30. The number of rotatable bonds is 11. The molecular formula is C26H43FN4O5. The highest BCUT2D eigenvalue weighted by atomic mass is 19.1. The summed E-state index contributed by atoms with van der Waals surface area (Å²) in [5.74, 6) is 0.579. The maximum Gasteiger partial charge on any atom is 0.345 e. The number of carbonyl (C=O) groups is 2. The lowest BCUT2D eigenvalue weighted by atomic mass is 9.92. The van der Waals surface area contributed by atoms with E-state index in [-0.39, 0.29) is 31.2 Å². The first-order valence-electron chi connectivity index (χ1n) is 12.6. The molecule has 1 fully saturated rings. The molecule has 0 spiro atoms. The number of aliphatic imine (C=N–C) groups is 1. The van der Waals surface area contributed by atoms with Crippen molar-refractivity contribution in [3.05, 3.63) is 29.6 Å². The zero-order valence-electron chi connectivity index (χ0n) is 22.0. The summed E-state index contributed by atoms with van der Waals surface area (Å²) in [6.07, 6.45) is 4.47. The van der Waals surface area contributed by atoms with Crippen molar-refractivity contribution in [3.8, 4) is 5.75 Å². The first kappa shape index (κ1) is 31.5. The van der Waals surface area contributed by atoms with Gasteiger partial charge in [-0.1, -0.05) is 26.8 Å². The van der Waals surface area contributed by atoms with E-state index in [0.29, 0.717) is 42.8 Å². The molecule has 2 amide bonds. The van der Waals surface area contributed by atoms with Crippen molar-refractivity contribution in [1.82, 2.24) is 10.2 Å². The number of likely N-dealkylation sites (N-methyl/N-ethyl adjacent to an activating group) is 1. The summed E-state index contributed by atoms with van der Waals surface area (Å²) in [5, 5.41) is 19.3. The van der Waals surface area contributed by atoms with Crippen molar-refractivity contribution in [2.75, 3.05) is 40.0 Å². The van der Waals surface area contributed by atoms with E-state index in [0.717, 1.165) is 32.0 Å². The van der Waals surface area contributed by atoms with E-state index in [9.17, 15) is 14.0 Å². The van der Waals surface area contributed by atoms with Crippen LogP contribution < -0.4 is 15.8 Å². The Hall–Kier alpha value is -2.56. The number of halogens is 1. The molecule has 1 atom stereocenters. The zero-order chi connectivity index (χ0) is 27.1. The Morgan fingerprint density at radius 3 is 2.39 bits per heavy atom. The molecule has 0 aliphatic carbocycles. The normalized spacial score (nSPS) is 15.5. The van der Waals surface area contributed by atoms with Crippen molar-refractivity contribution in [2.45, 2.75) is 58.4 Å². The van der Waals surface area contributed by atoms with E-state index in [2.05, 4.69) is 10.3 Å². The number of ether oxygens (including phenoxy) is 1. The Morgan fingerprint density at radius 2 is 1.92 bits per heavy atom. The number of likely N-dealkylation sites (tertiary alicyclic amines) is 1. The maximum atomic E-state index is 14.0. The third kappa shape index (κ3) is 11.0. The molecule has 0 bridgehead atoms. The molecule has 1 saturated heterocycles. The highest BCUT2D eigenvalue weighted by Crippen LogP contribution is 2.24. The van der Waals surface area contributed by atoms with Crippen molar-refractivity contribution in [3.63, 3.8) is 0 Å². The van der Waals surface area contributed by atoms with Gasteiger partial charge in [-0.2, -0.15) is 4.99 Å². The van der Waals surface area contributed by atoms with Gasteiger partial charge in [-0.3, -0.25) is 0 Å². The van der Waals surface area contributed by atoms with Crippen LogP contribution in [0.25, 0.3) is 0 Å². The standard InChI is InChI=1S/C22H32FN3O3.C4H11NO2/c1-15(2)21(24)25-22(28)26-10-8-17(9-11-26)5-4-12-29-18-6-7-19(16(3)14-27)20(23)13-18;1-5-4(2-6)3-7/h6-7,13-17H,4-5,8-12H2,1-3H3,(H2,24,25,28);4-7H,2-3H2,1H3. The first-order chi connectivity index (χ1) is 17.2. The van der Waals surface area contributed by atoms with Crippen LogP contribution in [-0.2, 0) is 4.79 Å². The molecule has 0 aromatic heterocycles. The van der Waals surface area contributed by atoms with E-state index >= 15 is 0 Å². The summed E-state index contributed by atoms with van der Waals surface area (Å²) in [4.78, 5) is 28.7. The van der Waals surface area contributed by atoms with Crippen LogP contribution in [-0.4, -0.2) is 79.3 Å². The molecule has 9 nitrogen and oxygen atoms in total. The maximum absolute atomic E-state index is 14.0. The number of hydrogen-bond donors (Lipinski definition) is 4. The predicted molar refractivity (Wildman–Crippen MR) is 139 cm³/mol. The molecule has 204 valence electrons. The summed E-state index contributed by atoms with van der Waals surface area (Å²) in [5.41, 5.74) is 6.15. The fourth-order valence-electron chi connectivity index (χ4n) is 3.57. The molecule has 1 aromatic carbocycles. The molecule has 0 radical (unpaired) electrons. The number of aliphatic hydroxyl groups excluding tert-OH is 2. The highest BCUT2D eigenvalue weighted by molar-refractivity contribution is 5.93. The van der Waals surface area contributed by atoms with Crippen molar-refractivity contribution >= 4 is 18.2 Å². The summed E-state index contributed by atoms with van der Waals surface area (Å²) >= 11 is 0. The van der Waals surface area contributed by atoms with E-state index in [1.54, 1.807) is 31.0 Å². The van der Waals surface area contributed by atoms with Gasteiger partial charge in [0.1, 0.15) is 23.7 Å². The van der Waals surface area contributed by atoms with Gasteiger partial charge in [0.25, 0.3) is 0 Å². The Balaban J connectivity index is 0.000000809. The second-order valence-corrected chi connectivity index (χ2v) is 9.35. The molecule has 1 aliphatic rings. The molecule has 2 rings (SSSR count). The molecule has 36 heavy (non-hydrogen) atoms. The lowest BCUT2D eigenvalue weighted by Crippen LogP contribution is -2.38. The fourth-order valence-corrected chi connectivity index (χ4v) is 3.57. The largest absolute Gasteiger partial charge is 0.493 e. The van der Waals surface area contributed by atoms with E-state index in [1.165, 1.54) is 6.07 Å². The molecular weight excluding hydrogens is 467 g/mol. The van der Waals surface area contributed by atoms with Crippen LogP contribution in [0.3, 0.4) is 0 Å². The minimum absolute atomic E-state index is 0.00694. The summed E-state index contributed by atoms with van der Waals surface area (Å²) in [6, 6.07) is 4.24. The Morgan fingerprint density at radius 1 is 1.28 bits per heavy atom. The zero-order valence-corrected chi connectivity index (χ0v) is 22.0. The minimum atomic E-state index is -0.464. The molecule has 1 heterocycles. The lowest BCUT2D eigenvalue weighted by molar-refractivity contribution is -0.108. The molecule has 1 aromatic rings. The SMILES string of the molecule is CC(C)/C(N)=N/C(=O)N1CCC(CCCOc2ccc(C(C)C=O)c(F)c2)CC1.CNC(CO)CO. The van der Waals surface area contributed by atoms with Gasteiger partial charge in [0.2, 0.25) is 0 Å². The first-order valence-corrected chi connectivity index (χ1v) is 12.6. The number of amides is 2. The number of aldehydes is 1. The Bertz CT molecular complexity index is 819. The predicted octanol–water partition coefficient (Wildman–Crippen LogP) is 2.69. The van der Waals surface area contributed by atoms with E-state index in [1.807, 2.05) is 13.8 Å². The summed E-state index contributed by atoms with van der Waals surface area (Å²) < 4.78 is 19.7. The number of aliphatic hydroxyl groups is 2. The summed E-state index contributed by atoms with van der Waals surface area (Å²) in [6.45, 7) is 7.37. The number of nitrogens with zero attached hydrogens (tertiary/aromatic N) is 2. The highest BCUT2D eigenvalue weighted by Gasteiger charge is 2.22. The van der Waals surface area contributed by atoms with Gasteiger partial charge in [0, 0.05) is 31.0 Å². The van der Waals surface area contributed by atoms with Crippen molar-refractivity contribution < 1.29 is 28.9 Å². The molecule has 0 saturated carbocycles. The van der Waals surface area contributed by atoms with Crippen LogP contribution in [0.2, 0.25) is 0 Å². The average molecular weight is 511 g/mol. The number of piperidine rings is 1. The van der Waals surface area contributed by atoms with Crippen LogP contribution in [0.1, 0.15) is 57.9 Å². The van der Waals surface area contributed by atoms with Gasteiger partial charge >= 0.3 is 6.03 Å². The summed E-state index contributed by atoms with van der Waals surface area (Å²) in [7, 11) is 1.69. The average Bonchev–Trinajstić information content (AvgIpc) is 2.88. The van der Waals surface area contributed by atoms with Crippen LogP contribution in [0.4, 0.5) is 9.18 Å². The molecule has 1 unspecified atom stereocenters. The minimum Gasteiger partial charge on any atom is -0.493 e. The number of nitrogens with one attached hydrogen (secondary N) is 1. The van der Waals surface area contributed by atoms with Crippen molar-refractivity contribution in [1.29, 1.82) is 0 Å². The van der Waals surface area contributed by atoms with Gasteiger partial charge in [-0.05, 0) is 50.3 Å². The molecule has 10 heteroatoms. The van der Waals surface area contributed by atoms with E-state index < -0.39 is 11.7 Å². The second-order valence-electron chi connectivity index (χ2n) is 9.35. The van der Waals surface area contributed by atoms with Crippen molar-refractivity contribution in [2.24, 2.45) is 22.6 Å². The Kier molecular flexibility index (Phi) is 14.9. The number of amidine groups is 1. The van der Waals surface area contributed by atoms with Crippen LogP contribution in [0, 0.1) is 17.7 Å². The number of benzene rings is 1. The van der Waals surface area contributed by atoms with Gasteiger partial charge in [-0.15, -0.1) is 0 Å². The molecule has 1 aliphatic heterocycles. The third-order valence-electron chi connectivity index (χ3n) is 6.24. The number of nitrogens with two attached hydrogens (primary N) is 1. The van der Waals surface area contributed by atoms with Crippen LogP contribution in [0.5, 0.6) is 5.75 Å². The van der Waals surface area contributed by atoms with Crippen LogP contribution >= 0.6 is 0 Å². The van der Waals surface area contributed by atoms with Gasteiger partial charge in [0.05, 0.1) is 25.9 Å². The number of carbonyl (C=O) groups excluding carboxylic acids is 2. The monoisotopic (exact) mass is 510 g/mol.